The first-order valence-electron chi connectivity index (χ1n) is 10.8. The van der Waals surface area contributed by atoms with Crippen LogP contribution < -0.4 is 4.74 Å². The summed E-state index contributed by atoms with van der Waals surface area (Å²) in [6, 6.07) is 18.0. The van der Waals surface area contributed by atoms with Crippen LogP contribution in [0.25, 0.3) is 11.1 Å². The van der Waals surface area contributed by atoms with Crippen molar-refractivity contribution >= 4 is 17.4 Å². The Balaban J connectivity index is 1.24. The molecule has 1 aliphatic rings. The largest absolute Gasteiger partial charge is 0.492 e. The molecule has 7 heteroatoms. The van der Waals surface area contributed by atoms with Gasteiger partial charge in [0.05, 0.1) is 12.2 Å². The summed E-state index contributed by atoms with van der Waals surface area (Å²) in [5.41, 5.74) is 2.67. The summed E-state index contributed by atoms with van der Waals surface area (Å²) in [6.45, 7) is 2.15. The number of benzene rings is 2. The monoisotopic (exact) mass is 447 g/mol. The molecule has 1 saturated heterocycles. The number of nitrogens with zero attached hydrogens (tertiary/aromatic N) is 3. The third kappa shape index (κ3) is 5.65. The second kappa shape index (κ2) is 10.8. The average molecular weight is 448 g/mol. The molecule has 1 aromatic heterocycles. The molecule has 1 fully saturated rings. The van der Waals surface area contributed by atoms with Gasteiger partial charge in [0.15, 0.2) is 0 Å². The number of aromatic nitrogens is 1. The Kier molecular flexibility index (Phi) is 7.36. The maximum absolute atomic E-state index is 12.2. The van der Waals surface area contributed by atoms with Crippen LogP contribution in [0.2, 0.25) is 0 Å². The van der Waals surface area contributed by atoms with Crippen molar-refractivity contribution in [1.82, 2.24) is 9.88 Å². The highest BCUT2D eigenvalue weighted by molar-refractivity contribution is 7.09. The SMILES string of the molecule is N#Cc1ccc(-c2ccccc2)cc1OCCC1CCN(C(=O)OCc2nccs2)CC1. The van der Waals surface area contributed by atoms with Crippen LogP contribution in [0, 0.1) is 17.2 Å². The summed E-state index contributed by atoms with van der Waals surface area (Å²) < 4.78 is 11.4. The van der Waals surface area contributed by atoms with Crippen molar-refractivity contribution in [2.24, 2.45) is 5.92 Å². The smallest absolute Gasteiger partial charge is 0.410 e. The summed E-state index contributed by atoms with van der Waals surface area (Å²) in [4.78, 5) is 18.1. The van der Waals surface area contributed by atoms with Crippen LogP contribution in [0.15, 0.2) is 60.1 Å². The molecular formula is C25H25N3O3S. The van der Waals surface area contributed by atoms with Gasteiger partial charge in [0.25, 0.3) is 0 Å². The summed E-state index contributed by atoms with van der Waals surface area (Å²) in [6.07, 6.45) is 4.17. The molecule has 0 saturated carbocycles. The number of hydrogen-bond donors (Lipinski definition) is 0. The fraction of sp³-hybridized carbons (Fsp3) is 0.320. The number of amides is 1. The van der Waals surface area contributed by atoms with Gasteiger partial charge in [-0.25, -0.2) is 9.78 Å². The van der Waals surface area contributed by atoms with Crippen LogP contribution in [0.5, 0.6) is 5.75 Å². The van der Waals surface area contributed by atoms with E-state index in [1.807, 2.05) is 53.9 Å². The number of thiazole rings is 1. The zero-order valence-corrected chi connectivity index (χ0v) is 18.6. The topological polar surface area (TPSA) is 75.5 Å². The van der Waals surface area contributed by atoms with Gasteiger partial charge in [-0.3, -0.25) is 0 Å². The molecule has 0 aliphatic carbocycles. The van der Waals surface area contributed by atoms with E-state index in [0.717, 1.165) is 35.4 Å². The maximum Gasteiger partial charge on any atom is 0.410 e. The van der Waals surface area contributed by atoms with E-state index in [-0.39, 0.29) is 12.7 Å². The predicted octanol–water partition coefficient (Wildman–Crippen LogP) is 5.50. The molecule has 0 spiro atoms. The second-order valence-corrected chi connectivity index (χ2v) is 8.72. The molecule has 32 heavy (non-hydrogen) atoms. The Bertz CT molecular complexity index is 1060. The lowest BCUT2D eigenvalue weighted by molar-refractivity contribution is 0.0799. The molecule has 0 N–H and O–H groups in total. The number of piperidine rings is 1. The second-order valence-electron chi connectivity index (χ2n) is 7.74. The Labute approximate surface area is 192 Å². The first-order valence-corrected chi connectivity index (χ1v) is 11.6. The molecule has 1 aliphatic heterocycles. The van der Waals surface area contributed by atoms with Crippen LogP contribution in [0.3, 0.4) is 0 Å². The van der Waals surface area contributed by atoms with Gasteiger partial charge < -0.3 is 14.4 Å². The minimum absolute atomic E-state index is 0.230. The number of likely N-dealkylation sites (tertiary alicyclic amines) is 1. The number of nitriles is 1. The molecule has 0 bridgehead atoms. The standard InChI is InChI=1S/C25H25N3O3S/c26-17-22-7-6-21(20-4-2-1-3-5-20)16-23(22)30-14-10-19-8-12-28(13-9-19)25(29)31-18-24-27-11-15-32-24/h1-7,11,15-16,19H,8-10,12-14,18H2. The molecule has 2 aromatic carbocycles. The summed E-state index contributed by atoms with van der Waals surface area (Å²) in [5, 5.41) is 12.1. The van der Waals surface area contributed by atoms with Gasteiger partial charge in [-0.05, 0) is 48.4 Å². The van der Waals surface area contributed by atoms with Gasteiger partial charge in [-0.2, -0.15) is 5.26 Å². The normalized spacial score (nSPS) is 14.0. The van der Waals surface area contributed by atoms with Crippen molar-refractivity contribution in [1.29, 1.82) is 5.26 Å². The van der Waals surface area contributed by atoms with E-state index in [9.17, 15) is 10.1 Å². The lowest BCUT2D eigenvalue weighted by Crippen LogP contribution is -2.39. The number of ether oxygens (including phenoxy) is 2. The number of rotatable bonds is 7. The van der Waals surface area contributed by atoms with E-state index in [0.29, 0.717) is 36.9 Å². The number of carbonyl (C=O) groups excluding carboxylic acids is 1. The molecule has 4 rings (SSSR count). The highest BCUT2D eigenvalue weighted by Crippen LogP contribution is 2.28. The third-order valence-corrected chi connectivity index (χ3v) is 6.42. The minimum atomic E-state index is -0.272. The molecule has 0 atom stereocenters. The van der Waals surface area contributed by atoms with E-state index >= 15 is 0 Å². The molecule has 3 aromatic rings. The molecule has 0 unspecified atom stereocenters. The van der Waals surface area contributed by atoms with Crippen molar-refractivity contribution < 1.29 is 14.3 Å². The van der Waals surface area contributed by atoms with Crippen LogP contribution >= 0.6 is 11.3 Å². The van der Waals surface area contributed by atoms with E-state index in [2.05, 4.69) is 11.1 Å². The van der Waals surface area contributed by atoms with Crippen LogP contribution in [0.1, 0.15) is 29.8 Å². The van der Waals surface area contributed by atoms with Crippen molar-refractivity contribution in [2.45, 2.75) is 25.9 Å². The van der Waals surface area contributed by atoms with Gasteiger partial charge in [-0.1, -0.05) is 36.4 Å². The highest BCUT2D eigenvalue weighted by atomic mass is 32.1. The van der Waals surface area contributed by atoms with E-state index in [4.69, 9.17) is 9.47 Å². The highest BCUT2D eigenvalue weighted by Gasteiger charge is 2.24. The Morgan fingerprint density at radius 1 is 1.16 bits per heavy atom. The quantitative estimate of drug-likeness (QED) is 0.478. The lowest BCUT2D eigenvalue weighted by atomic mass is 9.94. The van der Waals surface area contributed by atoms with Crippen molar-refractivity contribution in [3.8, 4) is 22.9 Å². The van der Waals surface area contributed by atoms with Crippen molar-refractivity contribution in [3.05, 3.63) is 70.7 Å². The van der Waals surface area contributed by atoms with E-state index in [1.165, 1.54) is 11.3 Å². The van der Waals surface area contributed by atoms with Gasteiger partial charge in [0, 0.05) is 24.7 Å². The van der Waals surface area contributed by atoms with Gasteiger partial charge in [-0.15, -0.1) is 11.3 Å². The zero-order chi connectivity index (χ0) is 22.2. The Morgan fingerprint density at radius 2 is 1.97 bits per heavy atom. The van der Waals surface area contributed by atoms with Gasteiger partial charge in [0.1, 0.15) is 23.4 Å². The Morgan fingerprint density at radius 3 is 2.69 bits per heavy atom. The lowest BCUT2D eigenvalue weighted by Gasteiger charge is -2.31. The van der Waals surface area contributed by atoms with Crippen LogP contribution in [-0.2, 0) is 11.3 Å². The molecule has 2 heterocycles. The zero-order valence-electron chi connectivity index (χ0n) is 17.8. The summed E-state index contributed by atoms with van der Waals surface area (Å²) >= 11 is 1.48. The van der Waals surface area contributed by atoms with Gasteiger partial charge >= 0.3 is 6.09 Å². The molecule has 6 nitrogen and oxygen atoms in total. The minimum Gasteiger partial charge on any atom is -0.492 e. The van der Waals surface area contributed by atoms with E-state index < -0.39 is 0 Å². The fourth-order valence-electron chi connectivity index (χ4n) is 3.82. The van der Waals surface area contributed by atoms with E-state index in [1.54, 1.807) is 11.1 Å². The summed E-state index contributed by atoms with van der Waals surface area (Å²) in [7, 11) is 0. The van der Waals surface area contributed by atoms with Gasteiger partial charge in [0.2, 0.25) is 0 Å². The first-order chi connectivity index (χ1) is 15.7. The Hall–Kier alpha value is -3.37. The van der Waals surface area contributed by atoms with Crippen molar-refractivity contribution in [2.75, 3.05) is 19.7 Å². The summed E-state index contributed by atoms with van der Waals surface area (Å²) in [5.74, 6) is 1.11. The van der Waals surface area contributed by atoms with Crippen molar-refractivity contribution in [3.63, 3.8) is 0 Å². The number of hydrogen-bond acceptors (Lipinski definition) is 6. The number of carbonyl (C=O) groups is 1. The van der Waals surface area contributed by atoms with Crippen LogP contribution in [-0.4, -0.2) is 35.7 Å². The molecule has 1 amide bonds. The molecular weight excluding hydrogens is 422 g/mol. The third-order valence-electron chi connectivity index (χ3n) is 5.67. The fourth-order valence-corrected chi connectivity index (χ4v) is 4.35. The predicted molar refractivity (Wildman–Crippen MR) is 123 cm³/mol. The first kappa shape index (κ1) is 21.8. The molecule has 0 radical (unpaired) electrons. The average Bonchev–Trinajstić information content (AvgIpc) is 3.37. The molecule has 164 valence electrons. The van der Waals surface area contributed by atoms with Crippen LogP contribution in [0.4, 0.5) is 4.79 Å². The maximum atomic E-state index is 12.2.